The molecule has 154 valence electrons. The Morgan fingerprint density at radius 1 is 1.03 bits per heavy atom. The summed E-state index contributed by atoms with van der Waals surface area (Å²) in [5, 5.41) is 5.37. The predicted octanol–water partition coefficient (Wildman–Crippen LogP) is 5.58. The molecule has 3 rings (SSSR count). The molecular weight excluding hydrogens is 471 g/mol. The van der Waals surface area contributed by atoms with Crippen molar-refractivity contribution in [3.63, 3.8) is 0 Å². The number of carbonyl (C=O) groups excluding carboxylic acids is 2. The van der Waals surface area contributed by atoms with Crippen LogP contribution in [-0.4, -0.2) is 24.7 Å². The van der Waals surface area contributed by atoms with Crippen molar-refractivity contribution in [2.24, 2.45) is 0 Å². The maximum atomic E-state index is 13.8. The Bertz CT molecular complexity index is 1060. The van der Waals surface area contributed by atoms with Crippen molar-refractivity contribution in [1.29, 1.82) is 0 Å². The summed E-state index contributed by atoms with van der Waals surface area (Å²) in [6.45, 7) is 0. The molecule has 5 nitrogen and oxygen atoms in total. The van der Waals surface area contributed by atoms with Crippen molar-refractivity contribution in [1.82, 2.24) is 0 Å². The van der Waals surface area contributed by atoms with Crippen LogP contribution in [0.25, 0.3) is 0 Å². The van der Waals surface area contributed by atoms with E-state index in [1.165, 1.54) is 23.9 Å². The number of amides is 2. The summed E-state index contributed by atoms with van der Waals surface area (Å²) < 4.78 is 19.5. The van der Waals surface area contributed by atoms with E-state index < -0.39 is 5.82 Å². The Balaban J connectivity index is 1.52. The lowest BCUT2D eigenvalue weighted by molar-refractivity contribution is -0.113. The maximum Gasteiger partial charge on any atom is 0.255 e. The van der Waals surface area contributed by atoms with Crippen LogP contribution in [0.1, 0.15) is 10.4 Å². The first-order chi connectivity index (χ1) is 14.4. The number of halogens is 2. The van der Waals surface area contributed by atoms with Crippen LogP contribution in [0.15, 0.2) is 76.1 Å². The molecule has 0 saturated heterocycles. The van der Waals surface area contributed by atoms with Crippen molar-refractivity contribution >= 4 is 50.9 Å². The summed E-state index contributed by atoms with van der Waals surface area (Å²) in [6.07, 6.45) is 0. The minimum Gasteiger partial charge on any atom is -0.497 e. The molecule has 30 heavy (non-hydrogen) atoms. The van der Waals surface area contributed by atoms with Gasteiger partial charge in [0.15, 0.2) is 0 Å². The van der Waals surface area contributed by atoms with Gasteiger partial charge in [0.1, 0.15) is 11.6 Å². The number of rotatable bonds is 7. The molecule has 0 atom stereocenters. The van der Waals surface area contributed by atoms with Crippen molar-refractivity contribution < 1.29 is 18.7 Å². The molecule has 3 aromatic rings. The number of carbonyl (C=O) groups is 2. The van der Waals surface area contributed by atoms with E-state index in [0.717, 1.165) is 4.90 Å². The fourth-order valence-corrected chi connectivity index (χ4v) is 3.56. The third-order valence-corrected chi connectivity index (χ3v) is 5.52. The van der Waals surface area contributed by atoms with Crippen molar-refractivity contribution in [3.05, 3.63) is 82.6 Å². The molecule has 0 fully saturated rings. The van der Waals surface area contributed by atoms with Gasteiger partial charge in [0.25, 0.3) is 5.91 Å². The maximum absolute atomic E-state index is 13.8. The fraction of sp³-hybridized carbons (Fsp3) is 0.0909. The third-order valence-electron chi connectivity index (χ3n) is 4.02. The second-order valence-corrected chi connectivity index (χ2v) is 8.14. The molecule has 0 aromatic heterocycles. The minimum absolute atomic E-state index is 0.130. The number of anilines is 2. The smallest absolute Gasteiger partial charge is 0.255 e. The van der Waals surface area contributed by atoms with Gasteiger partial charge in [0, 0.05) is 20.6 Å². The molecule has 2 amide bonds. The highest BCUT2D eigenvalue weighted by molar-refractivity contribution is 9.10. The van der Waals surface area contributed by atoms with Crippen LogP contribution in [0.5, 0.6) is 5.75 Å². The van der Waals surface area contributed by atoms with Gasteiger partial charge in [0.05, 0.1) is 18.6 Å². The van der Waals surface area contributed by atoms with E-state index in [2.05, 4.69) is 26.6 Å². The van der Waals surface area contributed by atoms with E-state index in [1.807, 2.05) is 0 Å². The number of thioether (sulfide) groups is 1. The normalized spacial score (nSPS) is 10.4. The first kappa shape index (κ1) is 21.9. The Hall–Kier alpha value is -2.84. The highest BCUT2D eigenvalue weighted by atomic mass is 79.9. The van der Waals surface area contributed by atoms with Gasteiger partial charge in [-0.3, -0.25) is 9.59 Å². The third kappa shape index (κ3) is 6.08. The van der Waals surface area contributed by atoms with Crippen LogP contribution in [0.3, 0.4) is 0 Å². The first-order valence-corrected chi connectivity index (χ1v) is 10.7. The summed E-state index contributed by atoms with van der Waals surface area (Å²) in [5.41, 5.74) is 1.26. The highest BCUT2D eigenvalue weighted by Crippen LogP contribution is 2.23. The van der Waals surface area contributed by atoms with E-state index >= 15 is 0 Å². The lowest BCUT2D eigenvalue weighted by atomic mass is 10.2. The molecule has 3 aromatic carbocycles. The van der Waals surface area contributed by atoms with E-state index in [-0.39, 0.29) is 23.3 Å². The SMILES string of the molecule is COc1cccc(C(=O)Nc2ccc(SCC(=O)Nc3ccc(Br)cc3F)cc2)c1. The molecule has 0 bridgehead atoms. The zero-order valence-corrected chi connectivity index (χ0v) is 18.3. The summed E-state index contributed by atoms with van der Waals surface area (Å²) in [7, 11) is 1.54. The number of nitrogens with one attached hydrogen (secondary N) is 2. The zero-order valence-electron chi connectivity index (χ0n) is 15.9. The van der Waals surface area contributed by atoms with E-state index in [0.29, 0.717) is 21.5 Å². The molecule has 0 radical (unpaired) electrons. The number of hydrogen-bond acceptors (Lipinski definition) is 4. The number of methoxy groups -OCH3 is 1. The van der Waals surface area contributed by atoms with Gasteiger partial charge in [-0.15, -0.1) is 11.8 Å². The molecular formula is C22H18BrFN2O3S. The van der Waals surface area contributed by atoms with Gasteiger partial charge < -0.3 is 15.4 Å². The fourth-order valence-electron chi connectivity index (χ4n) is 2.53. The Labute approximate surface area is 186 Å². The van der Waals surface area contributed by atoms with Gasteiger partial charge in [-0.2, -0.15) is 0 Å². The largest absolute Gasteiger partial charge is 0.497 e. The van der Waals surface area contributed by atoms with Crippen molar-refractivity contribution in [3.8, 4) is 5.75 Å². The summed E-state index contributed by atoms with van der Waals surface area (Å²) in [4.78, 5) is 25.3. The van der Waals surface area contributed by atoms with Gasteiger partial charge >= 0.3 is 0 Å². The molecule has 0 aliphatic carbocycles. The van der Waals surface area contributed by atoms with Crippen LogP contribution < -0.4 is 15.4 Å². The van der Waals surface area contributed by atoms with E-state index in [4.69, 9.17) is 4.74 Å². The Kier molecular flexibility index (Phi) is 7.48. The second-order valence-electron chi connectivity index (χ2n) is 6.17. The average molecular weight is 489 g/mol. The zero-order chi connectivity index (χ0) is 21.5. The molecule has 0 unspecified atom stereocenters. The topological polar surface area (TPSA) is 67.4 Å². The van der Waals surface area contributed by atoms with Crippen LogP contribution in [0.2, 0.25) is 0 Å². The van der Waals surface area contributed by atoms with Crippen LogP contribution >= 0.6 is 27.7 Å². The molecule has 0 aliphatic rings. The van der Waals surface area contributed by atoms with Gasteiger partial charge in [0.2, 0.25) is 5.91 Å². The monoisotopic (exact) mass is 488 g/mol. The summed E-state index contributed by atoms with van der Waals surface area (Å²) in [5.74, 6) is -0.318. The molecule has 0 saturated carbocycles. The minimum atomic E-state index is -0.501. The van der Waals surface area contributed by atoms with Crippen molar-refractivity contribution in [2.75, 3.05) is 23.5 Å². The first-order valence-electron chi connectivity index (χ1n) is 8.88. The van der Waals surface area contributed by atoms with Crippen LogP contribution in [-0.2, 0) is 4.79 Å². The molecule has 8 heteroatoms. The van der Waals surface area contributed by atoms with Crippen LogP contribution in [0.4, 0.5) is 15.8 Å². The predicted molar refractivity (Wildman–Crippen MR) is 121 cm³/mol. The Morgan fingerprint density at radius 3 is 2.50 bits per heavy atom. The van der Waals surface area contributed by atoms with Crippen LogP contribution in [0, 0.1) is 5.82 Å². The molecule has 0 aliphatic heterocycles. The average Bonchev–Trinajstić information content (AvgIpc) is 2.75. The number of benzene rings is 3. The van der Waals surface area contributed by atoms with Gasteiger partial charge in [-0.1, -0.05) is 22.0 Å². The standard InChI is InChI=1S/C22H18BrFN2O3S/c1-29-17-4-2-3-14(11-17)22(28)25-16-6-8-18(9-7-16)30-13-21(27)26-20-10-5-15(23)12-19(20)24/h2-12H,13H2,1H3,(H,25,28)(H,26,27). The highest BCUT2D eigenvalue weighted by Gasteiger charge is 2.10. The van der Waals surface area contributed by atoms with E-state index in [1.54, 1.807) is 61.7 Å². The van der Waals surface area contributed by atoms with Crippen molar-refractivity contribution in [2.45, 2.75) is 4.90 Å². The molecule has 0 spiro atoms. The number of hydrogen-bond donors (Lipinski definition) is 2. The lowest BCUT2D eigenvalue weighted by Crippen LogP contribution is -2.15. The van der Waals surface area contributed by atoms with E-state index in [9.17, 15) is 14.0 Å². The summed E-state index contributed by atoms with van der Waals surface area (Å²) in [6, 6.07) is 18.5. The second kappa shape index (κ2) is 10.3. The molecule has 0 heterocycles. The summed E-state index contributed by atoms with van der Waals surface area (Å²) >= 11 is 4.49. The quantitative estimate of drug-likeness (QED) is 0.426. The van der Waals surface area contributed by atoms with Gasteiger partial charge in [-0.25, -0.2) is 4.39 Å². The number of ether oxygens (including phenoxy) is 1. The lowest BCUT2D eigenvalue weighted by Gasteiger charge is -2.08. The Morgan fingerprint density at radius 2 is 1.80 bits per heavy atom. The molecule has 2 N–H and O–H groups in total. The van der Waals surface area contributed by atoms with Gasteiger partial charge in [-0.05, 0) is 60.7 Å².